The number of hydrogen-bond donors (Lipinski definition) is 1. The first kappa shape index (κ1) is 24.8. The average Bonchev–Trinajstić information content (AvgIpc) is 3.22. The van der Waals surface area contributed by atoms with E-state index in [1.54, 1.807) is 39.6 Å². The lowest BCUT2D eigenvalue weighted by Crippen LogP contribution is -2.52. The average molecular weight is 480 g/mol. The molecule has 11 heteroatoms. The third-order valence-corrected chi connectivity index (χ3v) is 6.61. The molecule has 2 aliphatic heterocycles. The summed E-state index contributed by atoms with van der Waals surface area (Å²) in [4.78, 5) is 47.8. The zero-order chi connectivity index (χ0) is 24.4. The Morgan fingerprint density at radius 2 is 1.91 bits per heavy atom. The fraction of sp³-hybridized carbons (Fsp3) is 0.636. The maximum absolute atomic E-state index is 12.7. The van der Waals surface area contributed by atoms with E-state index in [1.807, 2.05) is 18.4 Å². The van der Waals surface area contributed by atoms with Crippen LogP contribution in [-0.4, -0.2) is 79.3 Å². The van der Waals surface area contributed by atoms with Crippen molar-refractivity contribution in [2.75, 3.05) is 44.7 Å². The standard InChI is InChI=1S/C22H33N5O5S/c1-7-31-20(30)27-10-8-26(9-11-27)15-12-16(33-14-15)22(5)13-17(28)25(6)18(24-22)23-19(29)32-21(2,3)4/h12,14H,7-11,13H2,1-6H3,(H,23,24,29)/t22-/m0/s1. The third-order valence-electron chi connectivity index (χ3n) is 5.44. The van der Waals surface area contributed by atoms with E-state index in [0.717, 1.165) is 10.6 Å². The minimum absolute atomic E-state index is 0.142. The molecular weight excluding hydrogens is 446 g/mol. The van der Waals surface area contributed by atoms with Crippen molar-refractivity contribution in [3.8, 4) is 0 Å². The van der Waals surface area contributed by atoms with E-state index in [0.29, 0.717) is 32.8 Å². The van der Waals surface area contributed by atoms with E-state index in [1.165, 1.54) is 16.2 Å². The van der Waals surface area contributed by atoms with Crippen LogP contribution in [0.2, 0.25) is 0 Å². The van der Waals surface area contributed by atoms with Crippen molar-refractivity contribution in [2.24, 2.45) is 4.99 Å². The first-order chi connectivity index (χ1) is 15.4. The second-order valence-electron chi connectivity index (χ2n) is 9.31. The fourth-order valence-electron chi connectivity index (χ4n) is 3.66. The minimum atomic E-state index is -0.802. The van der Waals surface area contributed by atoms with Crippen LogP contribution in [0.3, 0.4) is 0 Å². The lowest BCUT2D eigenvalue weighted by molar-refractivity contribution is -0.128. The predicted molar refractivity (Wildman–Crippen MR) is 127 cm³/mol. The molecule has 1 atom stereocenters. The lowest BCUT2D eigenvalue weighted by atomic mass is 9.94. The SMILES string of the molecule is CCOC(=O)N1CCN(c2csc([C@]3(C)CC(=O)N(C)C(NC(=O)OC(C)(C)C)=N3)c2)CC1. The number of guanidine groups is 1. The van der Waals surface area contributed by atoms with E-state index in [4.69, 9.17) is 14.5 Å². The van der Waals surface area contributed by atoms with Gasteiger partial charge in [0, 0.05) is 49.2 Å². The van der Waals surface area contributed by atoms with Crippen molar-refractivity contribution in [2.45, 2.75) is 52.2 Å². The quantitative estimate of drug-likeness (QED) is 0.715. The Bertz CT molecular complexity index is 932. The van der Waals surface area contributed by atoms with E-state index >= 15 is 0 Å². The van der Waals surface area contributed by atoms with Gasteiger partial charge in [0.2, 0.25) is 11.9 Å². The zero-order valence-corrected chi connectivity index (χ0v) is 21.0. The molecule has 10 nitrogen and oxygen atoms in total. The molecule has 1 saturated heterocycles. The number of piperazine rings is 1. The molecule has 1 N–H and O–H groups in total. The van der Waals surface area contributed by atoms with Crippen molar-refractivity contribution in [3.63, 3.8) is 0 Å². The number of nitrogens with zero attached hydrogens (tertiary/aromatic N) is 4. The number of anilines is 1. The Morgan fingerprint density at radius 3 is 2.52 bits per heavy atom. The molecule has 0 aromatic carbocycles. The Balaban J connectivity index is 1.73. The van der Waals surface area contributed by atoms with Gasteiger partial charge >= 0.3 is 12.2 Å². The van der Waals surface area contributed by atoms with Crippen LogP contribution in [0.5, 0.6) is 0 Å². The Kier molecular flexibility index (Phi) is 7.20. The number of hydrogen-bond acceptors (Lipinski definition) is 8. The van der Waals surface area contributed by atoms with Gasteiger partial charge in [-0.15, -0.1) is 11.3 Å². The number of amides is 3. The van der Waals surface area contributed by atoms with E-state index in [2.05, 4.69) is 10.2 Å². The summed E-state index contributed by atoms with van der Waals surface area (Å²) in [6, 6.07) is 2.04. The van der Waals surface area contributed by atoms with Crippen LogP contribution in [0.1, 0.15) is 45.9 Å². The molecule has 1 aromatic heterocycles. The largest absolute Gasteiger partial charge is 0.450 e. The number of alkyl carbamates (subject to hydrolysis) is 1. The second-order valence-corrected chi connectivity index (χ2v) is 10.2. The normalized spacial score (nSPS) is 21.6. The van der Waals surface area contributed by atoms with Gasteiger partial charge in [-0.25, -0.2) is 14.6 Å². The summed E-state index contributed by atoms with van der Waals surface area (Å²) in [6.45, 7) is 11.9. The first-order valence-corrected chi connectivity index (χ1v) is 11.9. The molecule has 0 radical (unpaired) electrons. The second kappa shape index (κ2) is 9.58. The highest BCUT2D eigenvalue weighted by Crippen LogP contribution is 2.39. The number of carbonyl (C=O) groups excluding carboxylic acids is 3. The Labute approximate surface area is 198 Å². The van der Waals surface area contributed by atoms with Gasteiger partial charge in [0.15, 0.2) is 0 Å². The van der Waals surface area contributed by atoms with Crippen molar-refractivity contribution in [3.05, 3.63) is 16.3 Å². The van der Waals surface area contributed by atoms with Gasteiger partial charge in [-0.1, -0.05) is 0 Å². The van der Waals surface area contributed by atoms with Gasteiger partial charge in [0.1, 0.15) is 11.1 Å². The van der Waals surface area contributed by atoms with Crippen LogP contribution in [0.4, 0.5) is 15.3 Å². The zero-order valence-electron chi connectivity index (χ0n) is 20.1. The molecule has 182 valence electrons. The summed E-state index contributed by atoms with van der Waals surface area (Å²) >= 11 is 1.53. The molecule has 0 unspecified atom stereocenters. The highest BCUT2D eigenvalue weighted by atomic mass is 32.1. The molecule has 0 bridgehead atoms. The maximum Gasteiger partial charge on any atom is 0.414 e. The molecule has 2 aliphatic rings. The van der Waals surface area contributed by atoms with Crippen LogP contribution < -0.4 is 10.2 Å². The van der Waals surface area contributed by atoms with Crippen LogP contribution in [0, 0.1) is 0 Å². The molecule has 3 heterocycles. The highest BCUT2D eigenvalue weighted by Gasteiger charge is 2.39. The summed E-state index contributed by atoms with van der Waals surface area (Å²) in [7, 11) is 1.58. The van der Waals surface area contributed by atoms with E-state index in [-0.39, 0.29) is 24.4 Å². The number of carbonyl (C=O) groups is 3. The Hall–Kier alpha value is -2.82. The lowest BCUT2D eigenvalue weighted by Gasteiger charge is -2.35. The van der Waals surface area contributed by atoms with Gasteiger partial charge in [-0.3, -0.25) is 15.0 Å². The summed E-state index contributed by atoms with van der Waals surface area (Å²) in [5, 5.41) is 4.66. The monoisotopic (exact) mass is 479 g/mol. The molecule has 1 aromatic rings. The molecule has 0 aliphatic carbocycles. The van der Waals surface area contributed by atoms with Gasteiger partial charge in [-0.05, 0) is 40.7 Å². The molecule has 0 spiro atoms. The molecular formula is C22H33N5O5S. The Morgan fingerprint density at radius 1 is 1.24 bits per heavy atom. The van der Waals surface area contributed by atoms with E-state index in [9.17, 15) is 14.4 Å². The van der Waals surface area contributed by atoms with Crippen LogP contribution in [0.15, 0.2) is 16.4 Å². The van der Waals surface area contributed by atoms with E-state index < -0.39 is 17.2 Å². The fourth-order valence-corrected chi connectivity index (χ4v) is 4.69. The van der Waals surface area contributed by atoms with Crippen molar-refractivity contribution < 1.29 is 23.9 Å². The smallest absolute Gasteiger partial charge is 0.414 e. The van der Waals surface area contributed by atoms with Crippen LogP contribution in [-0.2, 0) is 19.8 Å². The number of thiophene rings is 1. The maximum atomic E-state index is 12.7. The van der Waals surface area contributed by atoms with Gasteiger partial charge in [0.05, 0.1) is 13.0 Å². The molecule has 0 saturated carbocycles. The number of aliphatic imine (C=N–C) groups is 1. The molecule has 1 fully saturated rings. The number of nitrogens with one attached hydrogen (secondary N) is 1. The van der Waals surface area contributed by atoms with Gasteiger partial charge in [-0.2, -0.15) is 0 Å². The molecule has 33 heavy (non-hydrogen) atoms. The summed E-state index contributed by atoms with van der Waals surface area (Å²) in [5.74, 6) is 0.0255. The topological polar surface area (TPSA) is 104 Å². The number of ether oxygens (including phenoxy) is 2. The minimum Gasteiger partial charge on any atom is -0.450 e. The molecule has 3 amide bonds. The van der Waals surface area contributed by atoms with Crippen LogP contribution >= 0.6 is 11.3 Å². The van der Waals surface area contributed by atoms with Crippen molar-refractivity contribution >= 4 is 41.1 Å². The van der Waals surface area contributed by atoms with Gasteiger partial charge in [0.25, 0.3) is 0 Å². The first-order valence-electron chi connectivity index (χ1n) is 11.0. The van der Waals surface area contributed by atoms with Gasteiger partial charge < -0.3 is 19.3 Å². The van der Waals surface area contributed by atoms with Crippen molar-refractivity contribution in [1.29, 1.82) is 0 Å². The predicted octanol–water partition coefficient (Wildman–Crippen LogP) is 2.98. The van der Waals surface area contributed by atoms with Crippen molar-refractivity contribution in [1.82, 2.24) is 15.1 Å². The third kappa shape index (κ3) is 5.95. The number of rotatable bonds is 3. The van der Waals surface area contributed by atoms with Crippen LogP contribution in [0.25, 0.3) is 0 Å². The molecule has 3 rings (SSSR count). The highest BCUT2D eigenvalue weighted by molar-refractivity contribution is 7.10. The summed E-state index contributed by atoms with van der Waals surface area (Å²) in [6.07, 6.45) is -0.740. The summed E-state index contributed by atoms with van der Waals surface area (Å²) < 4.78 is 10.4. The summed E-state index contributed by atoms with van der Waals surface area (Å²) in [5.41, 5.74) is -0.433.